The molecular formula is C12H17BrN2O2S2. The Labute approximate surface area is 126 Å². The lowest BCUT2D eigenvalue weighted by Crippen LogP contribution is -2.47. The highest BCUT2D eigenvalue weighted by Gasteiger charge is 2.35. The molecule has 1 heterocycles. The third-order valence-corrected chi connectivity index (χ3v) is 7.69. The first kappa shape index (κ1) is 15.2. The number of nitrogen functional groups attached to an aromatic ring is 1. The van der Waals surface area contributed by atoms with Crippen LogP contribution in [0.2, 0.25) is 0 Å². The zero-order valence-corrected chi connectivity index (χ0v) is 14.1. The average molecular weight is 365 g/mol. The second-order valence-electron chi connectivity index (χ2n) is 4.62. The lowest BCUT2D eigenvalue weighted by molar-refractivity contribution is 0.340. The Bertz CT molecular complexity index is 577. The Hall–Kier alpha value is -0.240. The van der Waals surface area contributed by atoms with E-state index in [0.717, 1.165) is 5.75 Å². The Balaban J connectivity index is 2.44. The van der Waals surface area contributed by atoms with Gasteiger partial charge >= 0.3 is 0 Å². The van der Waals surface area contributed by atoms with E-state index in [2.05, 4.69) is 22.9 Å². The van der Waals surface area contributed by atoms with Gasteiger partial charge in [-0.1, -0.05) is 6.92 Å². The van der Waals surface area contributed by atoms with Crippen molar-refractivity contribution in [1.29, 1.82) is 0 Å². The molecule has 2 unspecified atom stereocenters. The van der Waals surface area contributed by atoms with Crippen LogP contribution in [0.15, 0.2) is 27.6 Å². The number of benzene rings is 1. The van der Waals surface area contributed by atoms with Gasteiger partial charge in [0, 0.05) is 33.7 Å². The van der Waals surface area contributed by atoms with Gasteiger partial charge in [-0.2, -0.15) is 16.1 Å². The topological polar surface area (TPSA) is 63.4 Å². The predicted molar refractivity (Wildman–Crippen MR) is 83.8 cm³/mol. The van der Waals surface area contributed by atoms with Gasteiger partial charge in [-0.25, -0.2) is 8.42 Å². The zero-order valence-electron chi connectivity index (χ0n) is 10.8. The molecule has 1 aliphatic heterocycles. The summed E-state index contributed by atoms with van der Waals surface area (Å²) in [5.74, 6) is 0.824. The van der Waals surface area contributed by atoms with E-state index in [9.17, 15) is 8.42 Å². The van der Waals surface area contributed by atoms with E-state index in [0.29, 0.717) is 22.0 Å². The Morgan fingerprint density at radius 2 is 2.11 bits per heavy atom. The molecule has 1 aliphatic rings. The number of nitrogens with zero attached hydrogens (tertiary/aromatic N) is 1. The maximum atomic E-state index is 12.7. The van der Waals surface area contributed by atoms with Gasteiger partial charge in [0.05, 0.1) is 4.90 Å². The van der Waals surface area contributed by atoms with Crippen LogP contribution in [0.1, 0.15) is 13.8 Å². The highest BCUT2D eigenvalue weighted by atomic mass is 79.9. The van der Waals surface area contributed by atoms with Crippen molar-refractivity contribution in [3.05, 3.63) is 22.7 Å². The van der Waals surface area contributed by atoms with Crippen LogP contribution in [-0.4, -0.2) is 36.3 Å². The van der Waals surface area contributed by atoms with Crippen LogP contribution in [0.25, 0.3) is 0 Å². The van der Waals surface area contributed by atoms with E-state index >= 15 is 0 Å². The fourth-order valence-electron chi connectivity index (χ4n) is 2.09. The maximum absolute atomic E-state index is 12.7. The Morgan fingerprint density at radius 3 is 2.79 bits per heavy atom. The van der Waals surface area contributed by atoms with Gasteiger partial charge in [0.25, 0.3) is 0 Å². The van der Waals surface area contributed by atoms with E-state index in [1.807, 2.05) is 6.92 Å². The summed E-state index contributed by atoms with van der Waals surface area (Å²) in [6.07, 6.45) is 0. The lowest BCUT2D eigenvalue weighted by atomic mass is 10.2. The smallest absolute Gasteiger partial charge is 0.244 e. The highest BCUT2D eigenvalue weighted by Crippen LogP contribution is 2.32. The molecule has 0 spiro atoms. The number of rotatable bonds is 2. The third kappa shape index (κ3) is 2.94. The summed E-state index contributed by atoms with van der Waals surface area (Å²) in [6.45, 7) is 4.56. The molecule has 2 rings (SSSR count). The van der Waals surface area contributed by atoms with Crippen molar-refractivity contribution in [3.63, 3.8) is 0 Å². The monoisotopic (exact) mass is 364 g/mol. The van der Waals surface area contributed by atoms with Gasteiger partial charge < -0.3 is 5.73 Å². The normalized spacial score (nSPS) is 25.4. The molecule has 0 bridgehead atoms. The standard InChI is InChI=1S/C12H17BrN2O2S2/c1-8-9(2)18-6-5-15(8)19(16,17)12-7-10(14)3-4-11(12)13/h3-4,7-9H,5-6,14H2,1-2H3. The summed E-state index contributed by atoms with van der Waals surface area (Å²) in [7, 11) is -3.50. The molecule has 0 aromatic heterocycles. The minimum atomic E-state index is -3.50. The molecular weight excluding hydrogens is 348 g/mol. The minimum Gasteiger partial charge on any atom is -0.399 e. The van der Waals surface area contributed by atoms with Gasteiger partial charge in [-0.3, -0.25) is 0 Å². The molecule has 106 valence electrons. The molecule has 7 heteroatoms. The van der Waals surface area contributed by atoms with Crippen LogP contribution in [0.4, 0.5) is 5.69 Å². The molecule has 0 aliphatic carbocycles. The van der Waals surface area contributed by atoms with Crippen LogP contribution >= 0.6 is 27.7 Å². The number of halogens is 1. The van der Waals surface area contributed by atoms with Crippen molar-refractivity contribution in [2.45, 2.75) is 30.0 Å². The highest BCUT2D eigenvalue weighted by molar-refractivity contribution is 9.10. The molecule has 0 amide bonds. The third-order valence-electron chi connectivity index (χ3n) is 3.37. The second-order valence-corrected chi connectivity index (χ2v) is 8.82. The molecule has 1 aromatic rings. The van der Waals surface area contributed by atoms with Crippen LogP contribution in [-0.2, 0) is 10.0 Å². The molecule has 2 atom stereocenters. The predicted octanol–water partition coefficient (Wildman–Crippen LogP) is 2.55. The minimum absolute atomic E-state index is 0.0166. The molecule has 1 aromatic carbocycles. The van der Waals surface area contributed by atoms with Crippen LogP contribution in [0.5, 0.6) is 0 Å². The summed E-state index contributed by atoms with van der Waals surface area (Å²) in [4.78, 5) is 0.249. The molecule has 2 N–H and O–H groups in total. The number of thioether (sulfide) groups is 1. The lowest BCUT2D eigenvalue weighted by Gasteiger charge is -2.36. The summed E-state index contributed by atoms with van der Waals surface area (Å²) in [5.41, 5.74) is 6.16. The van der Waals surface area contributed by atoms with Gasteiger partial charge in [-0.15, -0.1) is 0 Å². The van der Waals surface area contributed by atoms with Crippen molar-refractivity contribution >= 4 is 43.4 Å². The van der Waals surface area contributed by atoms with E-state index < -0.39 is 10.0 Å². The van der Waals surface area contributed by atoms with E-state index in [4.69, 9.17) is 5.73 Å². The van der Waals surface area contributed by atoms with Crippen LogP contribution < -0.4 is 5.73 Å². The van der Waals surface area contributed by atoms with E-state index in [1.165, 1.54) is 6.07 Å². The van der Waals surface area contributed by atoms with Crippen molar-refractivity contribution in [1.82, 2.24) is 4.31 Å². The van der Waals surface area contributed by atoms with Crippen LogP contribution in [0.3, 0.4) is 0 Å². The Kier molecular flexibility index (Phi) is 4.49. The zero-order chi connectivity index (χ0) is 14.2. The van der Waals surface area contributed by atoms with Crippen molar-refractivity contribution in [3.8, 4) is 0 Å². The van der Waals surface area contributed by atoms with Crippen LogP contribution in [0, 0.1) is 0 Å². The summed E-state index contributed by atoms with van der Waals surface area (Å²) < 4.78 is 27.6. The molecule has 0 saturated carbocycles. The van der Waals surface area contributed by atoms with E-state index in [-0.39, 0.29) is 10.9 Å². The maximum Gasteiger partial charge on any atom is 0.244 e. The first-order chi connectivity index (χ1) is 8.84. The van der Waals surface area contributed by atoms with Gasteiger partial charge in [0.1, 0.15) is 0 Å². The molecule has 4 nitrogen and oxygen atoms in total. The largest absolute Gasteiger partial charge is 0.399 e. The van der Waals surface area contributed by atoms with Crippen molar-refractivity contribution in [2.24, 2.45) is 0 Å². The first-order valence-electron chi connectivity index (χ1n) is 6.02. The average Bonchev–Trinajstić information content (AvgIpc) is 2.35. The first-order valence-corrected chi connectivity index (χ1v) is 9.30. The summed E-state index contributed by atoms with van der Waals surface area (Å²) in [5, 5.41) is 0.295. The van der Waals surface area contributed by atoms with Gasteiger partial charge in [-0.05, 0) is 41.1 Å². The second kappa shape index (κ2) is 5.63. The molecule has 19 heavy (non-hydrogen) atoms. The molecule has 1 fully saturated rings. The number of sulfonamides is 1. The van der Waals surface area contributed by atoms with E-state index in [1.54, 1.807) is 28.2 Å². The fourth-order valence-corrected chi connectivity index (χ4v) is 6.05. The van der Waals surface area contributed by atoms with Crippen molar-refractivity contribution < 1.29 is 8.42 Å². The van der Waals surface area contributed by atoms with Crippen molar-refractivity contribution in [2.75, 3.05) is 18.0 Å². The summed E-state index contributed by atoms with van der Waals surface area (Å²) >= 11 is 5.11. The Morgan fingerprint density at radius 1 is 1.42 bits per heavy atom. The number of anilines is 1. The van der Waals surface area contributed by atoms with Gasteiger partial charge in [0.2, 0.25) is 10.0 Å². The molecule has 1 saturated heterocycles. The number of hydrogen-bond acceptors (Lipinski definition) is 4. The molecule has 0 radical (unpaired) electrons. The quantitative estimate of drug-likeness (QED) is 0.819. The SMILES string of the molecule is CC1SCCN(S(=O)(=O)c2cc(N)ccc2Br)C1C. The summed E-state index contributed by atoms with van der Waals surface area (Å²) in [6, 6.07) is 4.85. The fraction of sp³-hybridized carbons (Fsp3) is 0.500. The van der Waals surface area contributed by atoms with Gasteiger partial charge in [0.15, 0.2) is 0 Å². The number of nitrogens with two attached hydrogens (primary N) is 1. The number of hydrogen-bond donors (Lipinski definition) is 1.